The maximum absolute atomic E-state index is 12.7. The molecule has 0 radical (unpaired) electrons. The van der Waals surface area contributed by atoms with Gasteiger partial charge in [-0.15, -0.1) is 0 Å². The SMILES string of the molecule is Cc1cc(C)cc(-n2c(C)cc(/C=C(/C#N)C(=O)Nc3cccc(Cl)c3C)c2C)c1. The maximum Gasteiger partial charge on any atom is 0.266 e. The molecule has 3 aromatic rings. The molecule has 0 saturated carbocycles. The summed E-state index contributed by atoms with van der Waals surface area (Å²) >= 11 is 6.13. The fourth-order valence-corrected chi connectivity index (χ4v) is 3.82. The Hall–Kier alpha value is -3.29. The Morgan fingerprint density at radius 1 is 1.07 bits per heavy atom. The van der Waals surface area contributed by atoms with E-state index in [4.69, 9.17) is 11.6 Å². The molecule has 5 heteroatoms. The van der Waals surface area contributed by atoms with Gasteiger partial charge < -0.3 is 9.88 Å². The number of anilines is 1. The van der Waals surface area contributed by atoms with Gasteiger partial charge in [0.25, 0.3) is 5.91 Å². The van der Waals surface area contributed by atoms with E-state index in [1.807, 2.05) is 32.9 Å². The van der Waals surface area contributed by atoms with Crippen LogP contribution in [0.15, 0.2) is 48.0 Å². The number of amides is 1. The number of nitriles is 1. The topological polar surface area (TPSA) is 57.8 Å². The molecule has 0 unspecified atom stereocenters. The van der Waals surface area contributed by atoms with Crippen LogP contribution in [0.2, 0.25) is 5.02 Å². The highest BCUT2D eigenvalue weighted by atomic mass is 35.5. The second-order valence-electron chi connectivity index (χ2n) is 7.54. The highest BCUT2D eigenvalue weighted by Gasteiger charge is 2.15. The summed E-state index contributed by atoms with van der Waals surface area (Å²) in [5, 5.41) is 13.0. The van der Waals surface area contributed by atoms with E-state index in [1.54, 1.807) is 24.3 Å². The summed E-state index contributed by atoms with van der Waals surface area (Å²) in [6.07, 6.45) is 1.64. The van der Waals surface area contributed by atoms with Crippen LogP contribution in [-0.4, -0.2) is 10.5 Å². The summed E-state index contributed by atoms with van der Waals surface area (Å²) in [5.41, 5.74) is 7.67. The number of nitrogens with zero attached hydrogens (tertiary/aromatic N) is 2. The van der Waals surface area contributed by atoms with Gasteiger partial charge in [0, 0.05) is 27.8 Å². The summed E-state index contributed by atoms with van der Waals surface area (Å²) in [6, 6.07) is 15.7. The number of nitrogens with one attached hydrogen (secondary N) is 1. The molecule has 2 aromatic carbocycles. The Bertz CT molecular complexity index is 1190. The van der Waals surface area contributed by atoms with Crippen LogP contribution in [-0.2, 0) is 4.79 Å². The highest BCUT2D eigenvalue weighted by Crippen LogP contribution is 2.26. The lowest BCUT2D eigenvalue weighted by Gasteiger charge is -2.12. The smallest absolute Gasteiger partial charge is 0.266 e. The number of hydrogen-bond donors (Lipinski definition) is 1. The van der Waals surface area contributed by atoms with Crippen LogP contribution in [0.3, 0.4) is 0 Å². The van der Waals surface area contributed by atoms with Crippen molar-refractivity contribution in [1.29, 1.82) is 5.26 Å². The number of aryl methyl sites for hydroxylation is 3. The van der Waals surface area contributed by atoms with Crippen molar-refractivity contribution >= 4 is 29.3 Å². The zero-order chi connectivity index (χ0) is 22.0. The van der Waals surface area contributed by atoms with Crippen LogP contribution in [0.4, 0.5) is 5.69 Å². The maximum atomic E-state index is 12.7. The number of carbonyl (C=O) groups is 1. The van der Waals surface area contributed by atoms with Crippen molar-refractivity contribution < 1.29 is 4.79 Å². The molecule has 0 fully saturated rings. The molecule has 0 spiro atoms. The Labute approximate surface area is 182 Å². The number of hydrogen-bond acceptors (Lipinski definition) is 2. The average molecular weight is 418 g/mol. The largest absolute Gasteiger partial charge is 0.321 e. The van der Waals surface area contributed by atoms with Gasteiger partial charge in [-0.25, -0.2) is 0 Å². The molecule has 0 saturated heterocycles. The van der Waals surface area contributed by atoms with E-state index in [0.29, 0.717) is 10.7 Å². The quantitative estimate of drug-likeness (QED) is 0.404. The first-order valence-corrected chi connectivity index (χ1v) is 10.0. The molecule has 0 aliphatic rings. The molecular weight excluding hydrogens is 394 g/mol. The van der Waals surface area contributed by atoms with Gasteiger partial charge in [0.15, 0.2) is 0 Å². The molecule has 0 atom stereocenters. The zero-order valence-corrected chi connectivity index (χ0v) is 18.6. The van der Waals surface area contributed by atoms with Crippen molar-refractivity contribution in [2.45, 2.75) is 34.6 Å². The van der Waals surface area contributed by atoms with Crippen molar-refractivity contribution in [1.82, 2.24) is 4.57 Å². The molecule has 0 bridgehead atoms. The Balaban J connectivity index is 1.98. The summed E-state index contributed by atoms with van der Waals surface area (Å²) in [5.74, 6) is -0.459. The molecule has 4 nitrogen and oxygen atoms in total. The molecule has 1 aromatic heterocycles. The third kappa shape index (κ3) is 4.32. The standard InChI is InChI=1S/C25H24ClN3O/c1-15-9-16(2)11-22(10-15)29-17(3)12-20(19(29)5)13-21(14-27)25(30)28-24-8-6-7-23(26)18(24)4/h6-13H,1-5H3,(H,28,30)/b21-13-. The fraction of sp³-hybridized carbons (Fsp3) is 0.200. The number of halogens is 1. The van der Waals surface area contributed by atoms with Gasteiger partial charge >= 0.3 is 0 Å². The first-order chi connectivity index (χ1) is 14.2. The lowest BCUT2D eigenvalue weighted by Crippen LogP contribution is -2.14. The minimum atomic E-state index is -0.459. The second-order valence-corrected chi connectivity index (χ2v) is 7.95. The third-order valence-electron chi connectivity index (χ3n) is 5.12. The van der Waals surface area contributed by atoms with E-state index >= 15 is 0 Å². The van der Waals surface area contributed by atoms with E-state index in [9.17, 15) is 10.1 Å². The summed E-state index contributed by atoms with van der Waals surface area (Å²) in [6.45, 7) is 9.97. The molecule has 0 aliphatic heterocycles. The second kappa shape index (κ2) is 8.61. The molecule has 30 heavy (non-hydrogen) atoms. The Kier molecular flexibility index (Phi) is 6.14. The van der Waals surface area contributed by atoms with Gasteiger partial charge in [-0.1, -0.05) is 23.7 Å². The van der Waals surface area contributed by atoms with Gasteiger partial charge in [-0.05, 0) is 93.3 Å². The number of aromatic nitrogens is 1. The predicted octanol–water partition coefficient (Wildman–Crippen LogP) is 6.22. The molecule has 0 aliphatic carbocycles. The summed E-state index contributed by atoms with van der Waals surface area (Å²) < 4.78 is 2.14. The van der Waals surface area contributed by atoms with Crippen LogP contribution in [0, 0.1) is 45.9 Å². The van der Waals surface area contributed by atoms with Crippen LogP contribution in [0.25, 0.3) is 11.8 Å². The monoisotopic (exact) mass is 417 g/mol. The highest BCUT2D eigenvalue weighted by molar-refractivity contribution is 6.31. The summed E-state index contributed by atoms with van der Waals surface area (Å²) in [7, 11) is 0. The molecule has 1 N–H and O–H groups in total. The molecule has 3 rings (SSSR count). The molecule has 152 valence electrons. The minimum Gasteiger partial charge on any atom is -0.321 e. The van der Waals surface area contributed by atoms with Gasteiger partial charge in [0.2, 0.25) is 0 Å². The Morgan fingerprint density at radius 3 is 2.37 bits per heavy atom. The lowest BCUT2D eigenvalue weighted by atomic mass is 10.1. The van der Waals surface area contributed by atoms with Crippen molar-refractivity contribution in [3.8, 4) is 11.8 Å². The van der Waals surface area contributed by atoms with Crippen LogP contribution in [0.1, 0.15) is 33.6 Å². The third-order valence-corrected chi connectivity index (χ3v) is 5.53. The number of rotatable bonds is 4. The van der Waals surface area contributed by atoms with E-state index in [0.717, 1.165) is 28.2 Å². The van der Waals surface area contributed by atoms with Gasteiger partial charge in [-0.3, -0.25) is 4.79 Å². The van der Waals surface area contributed by atoms with E-state index < -0.39 is 5.91 Å². The first-order valence-electron chi connectivity index (χ1n) is 9.67. The number of carbonyl (C=O) groups excluding carboxylic acids is 1. The molecular formula is C25H24ClN3O. The van der Waals surface area contributed by atoms with Crippen molar-refractivity contribution in [2.24, 2.45) is 0 Å². The van der Waals surface area contributed by atoms with Crippen molar-refractivity contribution in [3.05, 3.63) is 86.7 Å². The van der Waals surface area contributed by atoms with Gasteiger partial charge in [-0.2, -0.15) is 5.26 Å². The average Bonchev–Trinajstić information content (AvgIpc) is 2.95. The van der Waals surface area contributed by atoms with E-state index in [1.165, 1.54) is 11.1 Å². The van der Waals surface area contributed by atoms with Crippen LogP contribution in [0.5, 0.6) is 0 Å². The van der Waals surface area contributed by atoms with Crippen LogP contribution >= 0.6 is 11.6 Å². The van der Waals surface area contributed by atoms with Gasteiger partial charge in [0.1, 0.15) is 11.6 Å². The lowest BCUT2D eigenvalue weighted by molar-refractivity contribution is -0.112. The zero-order valence-electron chi connectivity index (χ0n) is 17.8. The van der Waals surface area contributed by atoms with E-state index in [2.05, 4.69) is 41.9 Å². The van der Waals surface area contributed by atoms with E-state index in [-0.39, 0.29) is 5.57 Å². The molecule has 1 amide bonds. The normalized spacial score (nSPS) is 11.3. The van der Waals surface area contributed by atoms with Gasteiger partial charge in [0.05, 0.1) is 0 Å². The minimum absolute atomic E-state index is 0.0371. The fourth-order valence-electron chi connectivity index (χ4n) is 3.65. The van der Waals surface area contributed by atoms with Crippen molar-refractivity contribution in [3.63, 3.8) is 0 Å². The van der Waals surface area contributed by atoms with Crippen LogP contribution < -0.4 is 5.32 Å². The number of benzene rings is 2. The Morgan fingerprint density at radius 2 is 1.73 bits per heavy atom. The first kappa shape index (κ1) is 21.4. The predicted molar refractivity (Wildman–Crippen MR) is 123 cm³/mol. The molecule has 1 heterocycles. The van der Waals surface area contributed by atoms with Crippen molar-refractivity contribution in [2.75, 3.05) is 5.32 Å². The summed E-state index contributed by atoms with van der Waals surface area (Å²) in [4.78, 5) is 12.7.